The third-order valence-corrected chi connectivity index (χ3v) is 7.83. The van der Waals surface area contributed by atoms with Crippen LogP contribution < -0.4 is 10.1 Å². The maximum absolute atomic E-state index is 5.26. The topological polar surface area (TPSA) is 50.3 Å². The van der Waals surface area contributed by atoms with Gasteiger partial charge >= 0.3 is 0 Å². The van der Waals surface area contributed by atoms with Crippen molar-refractivity contribution in [1.82, 2.24) is 20.2 Å². The van der Waals surface area contributed by atoms with Gasteiger partial charge in [0.25, 0.3) is 0 Å². The summed E-state index contributed by atoms with van der Waals surface area (Å²) in [7, 11) is 1.71. The molecule has 0 amide bonds. The van der Waals surface area contributed by atoms with Crippen LogP contribution in [0.2, 0.25) is 0 Å². The molecule has 4 heterocycles. The Bertz CT molecular complexity index is 1100. The summed E-state index contributed by atoms with van der Waals surface area (Å²) in [5.74, 6) is 2.93. The minimum atomic E-state index is 0.486. The van der Waals surface area contributed by atoms with Crippen LogP contribution in [-0.2, 0) is 6.54 Å². The van der Waals surface area contributed by atoms with Crippen LogP contribution in [0.25, 0.3) is 11.3 Å². The summed E-state index contributed by atoms with van der Waals surface area (Å²) in [6, 6.07) is 19.4. The van der Waals surface area contributed by atoms with E-state index in [1.54, 1.807) is 7.11 Å². The van der Waals surface area contributed by atoms with E-state index >= 15 is 0 Å². The molecular weight excluding hydrogens is 476 g/mol. The number of piperidine rings is 3. The number of ether oxygens (including phenoxy) is 1. The average Bonchev–Trinajstić information content (AvgIpc) is 2.85. The van der Waals surface area contributed by atoms with Gasteiger partial charge in [0.15, 0.2) is 0 Å². The van der Waals surface area contributed by atoms with Crippen molar-refractivity contribution in [2.24, 2.45) is 5.92 Å². The molecule has 6 heteroatoms. The fraction of sp³-hybridized carbons (Fsp3) is 0.407. The number of nitrogens with zero attached hydrogens (tertiary/aromatic N) is 3. The van der Waals surface area contributed by atoms with Crippen molar-refractivity contribution in [1.29, 1.82) is 0 Å². The molecule has 0 saturated carbocycles. The van der Waals surface area contributed by atoms with Crippen molar-refractivity contribution in [2.45, 2.75) is 38.3 Å². The number of aromatic nitrogens is 2. The Labute approximate surface area is 204 Å². The second-order valence-electron chi connectivity index (χ2n) is 9.22. The van der Waals surface area contributed by atoms with Crippen molar-refractivity contribution in [3.05, 3.63) is 76.2 Å². The Hall–Kier alpha value is -2.28. The second-order valence-corrected chi connectivity index (χ2v) is 10.1. The molecule has 3 aliphatic heterocycles. The molecule has 0 aliphatic carbocycles. The minimum absolute atomic E-state index is 0.486. The van der Waals surface area contributed by atoms with Crippen molar-refractivity contribution in [2.75, 3.05) is 26.7 Å². The number of rotatable bonds is 7. The van der Waals surface area contributed by atoms with Crippen molar-refractivity contribution in [3.63, 3.8) is 0 Å². The molecular formula is C27H31BrN4O. The number of halogens is 1. The molecule has 3 saturated heterocycles. The Balaban J connectivity index is 1.24. The van der Waals surface area contributed by atoms with Gasteiger partial charge < -0.3 is 10.1 Å². The first-order valence-corrected chi connectivity index (χ1v) is 12.6. The number of methoxy groups -OCH3 is 1. The minimum Gasteiger partial charge on any atom is -0.497 e. The lowest BCUT2D eigenvalue weighted by molar-refractivity contribution is 0.0292. The van der Waals surface area contributed by atoms with Gasteiger partial charge in [0.05, 0.1) is 12.8 Å². The van der Waals surface area contributed by atoms with Gasteiger partial charge in [-0.05, 0) is 62.1 Å². The Kier molecular flexibility index (Phi) is 6.76. The van der Waals surface area contributed by atoms with Gasteiger partial charge in [-0.3, -0.25) is 4.90 Å². The maximum atomic E-state index is 5.26. The number of nitrogens with one attached hydrogen (secondary N) is 1. The summed E-state index contributed by atoms with van der Waals surface area (Å²) >= 11 is 3.68. The van der Waals surface area contributed by atoms with Crippen LogP contribution in [0, 0.1) is 12.8 Å². The van der Waals surface area contributed by atoms with E-state index in [1.807, 2.05) is 25.1 Å². The van der Waals surface area contributed by atoms with Crippen LogP contribution in [0.3, 0.4) is 0 Å². The third-order valence-electron chi connectivity index (χ3n) is 7.13. The molecule has 6 rings (SSSR count). The van der Waals surface area contributed by atoms with E-state index in [0.29, 0.717) is 17.9 Å². The number of hydrogen-bond acceptors (Lipinski definition) is 5. The predicted molar refractivity (Wildman–Crippen MR) is 135 cm³/mol. The summed E-state index contributed by atoms with van der Waals surface area (Å²) in [6.07, 6.45) is 2.49. The summed E-state index contributed by atoms with van der Waals surface area (Å²) in [5.41, 5.74) is 4.64. The summed E-state index contributed by atoms with van der Waals surface area (Å²) in [5, 5.41) is 3.68. The lowest BCUT2D eigenvalue weighted by Crippen LogP contribution is -2.55. The van der Waals surface area contributed by atoms with Crippen molar-refractivity contribution >= 4 is 15.9 Å². The maximum Gasteiger partial charge on any atom is 0.126 e. The highest BCUT2D eigenvalue weighted by atomic mass is 79.9. The van der Waals surface area contributed by atoms with Gasteiger partial charge in [0.1, 0.15) is 11.6 Å². The second kappa shape index (κ2) is 9.92. The quantitative estimate of drug-likeness (QED) is 0.477. The summed E-state index contributed by atoms with van der Waals surface area (Å²) in [4.78, 5) is 12.3. The molecule has 2 aromatic carbocycles. The van der Waals surface area contributed by atoms with Crippen LogP contribution in [0.1, 0.15) is 35.8 Å². The molecule has 172 valence electrons. The van der Waals surface area contributed by atoms with Crippen molar-refractivity contribution < 1.29 is 4.74 Å². The largest absolute Gasteiger partial charge is 0.497 e. The molecule has 4 unspecified atom stereocenters. The monoisotopic (exact) mass is 506 g/mol. The van der Waals surface area contributed by atoms with Gasteiger partial charge in [-0.1, -0.05) is 46.3 Å². The first-order chi connectivity index (χ1) is 16.1. The van der Waals surface area contributed by atoms with Crippen molar-refractivity contribution in [3.8, 4) is 17.0 Å². The van der Waals surface area contributed by atoms with Gasteiger partial charge in [-0.15, -0.1) is 0 Å². The summed E-state index contributed by atoms with van der Waals surface area (Å²) < 4.78 is 6.33. The normalized spacial score (nSPS) is 24.1. The molecule has 3 fully saturated rings. The van der Waals surface area contributed by atoms with Crippen LogP contribution in [0.5, 0.6) is 5.75 Å². The Morgan fingerprint density at radius 3 is 2.67 bits per heavy atom. The smallest absolute Gasteiger partial charge is 0.126 e. The van der Waals surface area contributed by atoms with Gasteiger partial charge in [-0.2, -0.15) is 0 Å². The zero-order chi connectivity index (χ0) is 22.8. The van der Waals surface area contributed by atoms with E-state index in [4.69, 9.17) is 14.7 Å². The molecule has 3 aromatic rings. The highest BCUT2D eigenvalue weighted by Gasteiger charge is 2.41. The Morgan fingerprint density at radius 2 is 1.94 bits per heavy atom. The van der Waals surface area contributed by atoms with E-state index < -0.39 is 0 Å². The zero-order valence-electron chi connectivity index (χ0n) is 19.3. The first kappa shape index (κ1) is 22.5. The molecule has 33 heavy (non-hydrogen) atoms. The fourth-order valence-corrected chi connectivity index (χ4v) is 5.89. The van der Waals surface area contributed by atoms with Gasteiger partial charge in [0.2, 0.25) is 0 Å². The molecule has 4 atom stereocenters. The SMILES string of the molecule is COc1ccc(CNCC2CC3CCN2CC3c2cc(-c3ccccc3Br)nc(C)n2)cc1. The molecule has 2 bridgehead atoms. The van der Waals surface area contributed by atoms with E-state index in [0.717, 1.165) is 46.9 Å². The van der Waals surface area contributed by atoms with Gasteiger partial charge in [-0.25, -0.2) is 9.97 Å². The molecule has 1 N–H and O–H groups in total. The predicted octanol–water partition coefficient (Wildman–Crippen LogP) is 5.19. The molecule has 5 nitrogen and oxygen atoms in total. The zero-order valence-corrected chi connectivity index (χ0v) is 20.9. The third kappa shape index (κ3) is 4.98. The number of fused-ring (bicyclic) bond motifs is 3. The number of hydrogen-bond donors (Lipinski definition) is 1. The lowest BCUT2D eigenvalue weighted by Gasteiger charge is -2.50. The standard InChI is InChI=1S/C27H31BrN4O/c1-18-30-26(23-5-3-4-6-25(23)28)14-27(31-18)24-17-32-12-11-20(24)13-21(32)16-29-15-19-7-9-22(33-2)10-8-19/h3-10,14,20-21,24,29H,11-13,15-17H2,1-2H3. The lowest BCUT2D eigenvalue weighted by atomic mass is 9.74. The number of benzene rings is 2. The van der Waals surface area contributed by atoms with Crippen LogP contribution in [0.4, 0.5) is 0 Å². The molecule has 3 aliphatic rings. The van der Waals surface area contributed by atoms with E-state index in [-0.39, 0.29) is 0 Å². The first-order valence-electron chi connectivity index (χ1n) is 11.8. The van der Waals surface area contributed by atoms with Crippen LogP contribution in [0.15, 0.2) is 59.1 Å². The molecule has 0 radical (unpaired) electrons. The summed E-state index contributed by atoms with van der Waals surface area (Å²) in [6.45, 7) is 6.21. The van der Waals surface area contributed by atoms with Gasteiger partial charge in [0, 0.05) is 47.3 Å². The number of aryl methyl sites for hydroxylation is 1. The highest BCUT2D eigenvalue weighted by molar-refractivity contribution is 9.10. The van der Waals surface area contributed by atoms with E-state index in [9.17, 15) is 0 Å². The highest BCUT2D eigenvalue weighted by Crippen LogP contribution is 2.42. The van der Waals surface area contributed by atoms with E-state index in [2.05, 4.69) is 62.5 Å². The van der Waals surface area contributed by atoms with Crippen LogP contribution >= 0.6 is 15.9 Å². The molecule has 0 spiro atoms. The van der Waals surface area contributed by atoms with Crippen LogP contribution in [-0.4, -0.2) is 47.7 Å². The van der Waals surface area contributed by atoms with E-state index in [1.165, 1.54) is 30.6 Å². The molecule has 1 aromatic heterocycles. The average molecular weight is 507 g/mol. The Morgan fingerprint density at radius 1 is 1.12 bits per heavy atom. The fourth-order valence-electron chi connectivity index (χ4n) is 5.40.